The average Bonchev–Trinajstić information content (AvgIpc) is 2.39. The minimum atomic E-state index is -0.807. The molecule has 4 nitrogen and oxygen atoms in total. The minimum absolute atomic E-state index is 0.382. The van der Waals surface area contributed by atoms with Gasteiger partial charge in [-0.2, -0.15) is 0 Å². The highest BCUT2D eigenvalue weighted by atomic mass is 16.6. The van der Waals surface area contributed by atoms with Gasteiger partial charge in [0, 0.05) is 24.4 Å². The Hall–Kier alpha value is -1.78. The summed E-state index contributed by atoms with van der Waals surface area (Å²) in [6.07, 6.45) is -0.425. The van der Waals surface area contributed by atoms with E-state index in [2.05, 4.69) is 9.97 Å². The van der Waals surface area contributed by atoms with Crippen molar-refractivity contribution in [1.82, 2.24) is 9.97 Å². The van der Waals surface area contributed by atoms with Crippen LogP contribution in [0.4, 0.5) is 0 Å². The van der Waals surface area contributed by atoms with E-state index >= 15 is 0 Å². The first-order chi connectivity index (χ1) is 9.19. The van der Waals surface area contributed by atoms with Gasteiger partial charge in [-0.1, -0.05) is 12.1 Å². The standard InChI is InChI=1S/C15H18N2O2/c1-3-19-15(18)10-12-7-5-9-14(17-12)13-8-4-6-11(2)16-13/h4-9,15,18H,3,10H2,1-2H3. The van der Waals surface area contributed by atoms with Crippen molar-refractivity contribution in [2.24, 2.45) is 0 Å². The second kappa shape index (κ2) is 6.41. The molecule has 0 bridgehead atoms. The first-order valence-corrected chi connectivity index (χ1v) is 6.38. The summed E-state index contributed by atoms with van der Waals surface area (Å²) in [5, 5.41) is 9.63. The molecule has 2 aromatic heterocycles. The topological polar surface area (TPSA) is 55.2 Å². The third-order valence-electron chi connectivity index (χ3n) is 2.70. The van der Waals surface area contributed by atoms with E-state index in [9.17, 15) is 5.11 Å². The van der Waals surface area contributed by atoms with Gasteiger partial charge in [0.25, 0.3) is 0 Å². The third kappa shape index (κ3) is 3.84. The fourth-order valence-electron chi connectivity index (χ4n) is 1.85. The number of hydrogen-bond donors (Lipinski definition) is 1. The lowest BCUT2D eigenvalue weighted by Gasteiger charge is -2.10. The summed E-state index contributed by atoms with van der Waals surface area (Å²) < 4.78 is 5.11. The summed E-state index contributed by atoms with van der Waals surface area (Å²) in [5.74, 6) is 0. The Bertz CT molecular complexity index is 543. The fraction of sp³-hybridized carbons (Fsp3) is 0.333. The second-order valence-electron chi connectivity index (χ2n) is 4.29. The van der Waals surface area contributed by atoms with E-state index in [1.165, 1.54) is 0 Å². The predicted octanol–water partition coefficient (Wildman–Crippen LogP) is 2.35. The minimum Gasteiger partial charge on any atom is -0.368 e. The molecule has 1 unspecified atom stereocenters. The van der Waals surface area contributed by atoms with E-state index in [0.717, 1.165) is 22.8 Å². The van der Waals surface area contributed by atoms with E-state index < -0.39 is 6.29 Å². The van der Waals surface area contributed by atoms with Gasteiger partial charge in [-0.3, -0.25) is 9.97 Å². The highest BCUT2D eigenvalue weighted by Gasteiger charge is 2.08. The van der Waals surface area contributed by atoms with Gasteiger partial charge >= 0.3 is 0 Å². The molecule has 0 saturated heterocycles. The smallest absolute Gasteiger partial charge is 0.160 e. The number of nitrogens with zero attached hydrogens (tertiary/aromatic N) is 2. The number of hydrogen-bond acceptors (Lipinski definition) is 4. The molecule has 0 radical (unpaired) electrons. The molecule has 1 atom stereocenters. The van der Waals surface area contributed by atoms with Crippen LogP contribution < -0.4 is 0 Å². The zero-order valence-corrected chi connectivity index (χ0v) is 11.2. The summed E-state index contributed by atoms with van der Waals surface area (Å²) in [5.41, 5.74) is 3.40. The maximum atomic E-state index is 9.63. The Morgan fingerprint density at radius 3 is 2.47 bits per heavy atom. The number of aryl methyl sites for hydroxylation is 1. The Labute approximate surface area is 113 Å². The third-order valence-corrected chi connectivity index (χ3v) is 2.70. The number of rotatable bonds is 5. The van der Waals surface area contributed by atoms with Crippen molar-refractivity contribution in [3.8, 4) is 11.4 Å². The Morgan fingerprint density at radius 2 is 1.79 bits per heavy atom. The lowest BCUT2D eigenvalue weighted by atomic mass is 10.2. The van der Waals surface area contributed by atoms with Crippen LogP contribution in [-0.4, -0.2) is 28.0 Å². The second-order valence-corrected chi connectivity index (χ2v) is 4.29. The van der Waals surface area contributed by atoms with Crippen LogP contribution in [0.15, 0.2) is 36.4 Å². The summed E-state index contributed by atoms with van der Waals surface area (Å²) in [4.78, 5) is 8.95. The van der Waals surface area contributed by atoms with Crippen molar-refractivity contribution in [1.29, 1.82) is 0 Å². The SMILES string of the molecule is CCOC(O)Cc1cccc(-c2cccc(C)n2)n1. The molecule has 2 heterocycles. The number of aromatic nitrogens is 2. The normalized spacial score (nSPS) is 12.4. The lowest BCUT2D eigenvalue weighted by Crippen LogP contribution is -2.15. The van der Waals surface area contributed by atoms with Crippen LogP contribution in [0.1, 0.15) is 18.3 Å². The molecule has 0 amide bonds. The van der Waals surface area contributed by atoms with Gasteiger partial charge in [-0.05, 0) is 38.1 Å². The molecule has 0 fully saturated rings. The van der Waals surface area contributed by atoms with Gasteiger partial charge in [0.1, 0.15) is 0 Å². The molecule has 1 N–H and O–H groups in total. The first kappa shape index (κ1) is 13.6. The molecule has 2 aromatic rings. The molecule has 0 aromatic carbocycles. The average molecular weight is 258 g/mol. The molecule has 19 heavy (non-hydrogen) atoms. The van der Waals surface area contributed by atoms with Crippen molar-refractivity contribution in [2.75, 3.05) is 6.61 Å². The van der Waals surface area contributed by atoms with Crippen molar-refractivity contribution in [2.45, 2.75) is 26.6 Å². The molecule has 0 spiro atoms. The molecule has 0 aliphatic heterocycles. The molecule has 2 rings (SSSR count). The molecule has 100 valence electrons. The summed E-state index contributed by atoms with van der Waals surface area (Å²) in [6, 6.07) is 11.5. The Morgan fingerprint density at radius 1 is 1.11 bits per heavy atom. The van der Waals surface area contributed by atoms with Crippen molar-refractivity contribution >= 4 is 0 Å². The van der Waals surface area contributed by atoms with Crippen LogP contribution in [0.5, 0.6) is 0 Å². The van der Waals surface area contributed by atoms with E-state index in [1.54, 1.807) is 0 Å². The van der Waals surface area contributed by atoms with Gasteiger partial charge in [-0.25, -0.2) is 0 Å². The van der Waals surface area contributed by atoms with Gasteiger partial charge in [0.2, 0.25) is 0 Å². The van der Waals surface area contributed by atoms with Gasteiger partial charge in [0.15, 0.2) is 6.29 Å². The number of aliphatic hydroxyl groups excluding tert-OH is 1. The Kier molecular flexibility index (Phi) is 4.60. The zero-order valence-electron chi connectivity index (χ0n) is 11.2. The van der Waals surface area contributed by atoms with Crippen LogP contribution in [0.25, 0.3) is 11.4 Å². The zero-order chi connectivity index (χ0) is 13.7. The summed E-state index contributed by atoms with van der Waals surface area (Å²) in [6.45, 7) is 4.29. The Balaban J connectivity index is 2.19. The van der Waals surface area contributed by atoms with Gasteiger partial charge < -0.3 is 9.84 Å². The monoisotopic (exact) mass is 258 g/mol. The predicted molar refractivity (Wildman–Crippen MR) is 73.5 cm³/mol. The van der Waals surface area contributed by atoms with Crippen LogP contribution in [0, 0.1) is 6.92 Å². The van der Waals surface area contributed by atoms with Crippen molar-refractivity contribution < 1.29 is 9.84 Å². The largest absolute Gasteiger partial charge is 0.368 e. The number of aliphatic hydroxyl groups is 1. The van der Waals surface area contributed by atoms with E-state index in [4.69, 9.17) is 4.74 Å². The molecule has 4 heteroatoms. The molecular formula is C15H18N2O2. The lowest BCUT2D eigenvalue weighted by molar-refractivity contribution is -0.0932. The first-order valence-electron chi connectivity index (χ1n) is 6.38. The molecular weight excluding hydrogens is 240 g/mol. The highest BCUT2D eigenvalue weighted by Crippen LogP contribution is 2.15. The fourth-order valence-corrected chi connectivity index (χ4v) is 1.85. The number of pyridine rings is 2. The van der Waals surface area contributed by atoms with Crippen molar-refractivity contribution in [3.05, 3.63) is 47.8 Å². The number of ether oxygens (including phenoxy) is 1. The van der Waals surface area contributed by atoms with Crippen LogP contribution in [0.2, 0.25) is 0 Å². The summed E-state index contributed by atoms with van der Waals surface area (Å²) >= 11 is 0. The van der Waals surface area contributed by atoms with E-state index in [-0.39, 0.29) is 0 Å². The van der Waals surface area contributed by atoms with Crippen LogP contribution in [-0.2, 0) is 11.2 Å². The maximum absolute atomic E-state index is 9.63. The highest BCUT2D eigenvalue weighted by molar-refractivity contribution is 5.54. The molecule has 0 aliphatic rings. The van der Waals surface area contributed by atoms with Gasteiger partial charge in [-0.15, -0.1) is 0 Å². The van der Waals surface area contributed by atoms with E-state index in [1.807, 2.05) is 50.2 Å². The van der Waals surface area contributed by atoms with Crippen molar-refractivity contribution in [3.63, 3.8) is 0 Å². The molecule has 0 saturated carbocycles. The summed E-state index contributed by atoms with van der Waals surface area (Å²) in [7, 11) is 0. The maximum Gasteiger partial charge on any atom is 0.160 e. The van der Waals surface area contributed by atoms with Crippen LogP contribution in [0.3, 0.4) is 0 Å². The van der Waals surface area contributed by atoms with Crippen LogP contribution >= 0.6 is 0 Å². The van der Waals surface area contributed by atoms with E-state index in [0.29, 0.717) is 13.0 Å². The van der Waals surface area contributed by atoms with Gasteiger partial charge in [0.05, 0.1) is 11.4 Å². The quantitative estimate of drug-likeness (QED) is 0.836. The molecule has 0 aliphatic carbocycles.